The molecule has 108 valence electrons. The highest BCUT2D eigenvalue weighted by Crippen LogP contribution is 2.25. The van der Waals surface area contributed by atoms with Crippen LogP contribution in [-0.2, 0) is 16.1 Å². The minimum Gasteiger partial charge on any atom is -0.381 e. The van der Waals surface area contributed by atoms with Gasteiger partial charge < -0.3 is 14.8 Å². The highest BCUT2D eigenvalue weighted by molar-refractivity contribution is 7.16. The molecular formula is C14H19N3O2S. The van der Waals surface area contributed by atoms with Crippen molar-refractivity contribution < 1.29 is 9.47 Å². The van der Waals surface area contributed by atoms with E-state index in [9.17, 15) is 0 Å². The summed E-state index contributed by atoms with van der Waals surface area (Å²) < 4.78 is 11.2. The lowest BCUT2D eigenvalue weighted by Crippen LogP contribution is -2.23. The number of aromatic nitrogens is 2. The van der Waals surface area contributed by atoms with Crippen LogP contribution >= 0.6 is 11.3 Å². The molecule has 0 bridgehead atoms. The molecule has 0 amide bonds. The summed E-state index contributed by atoms with van der Waals surface area (Å²) in [6, 6.07) is 2.06. The summed E-state index contributed by atoms with van der Waals surface area (Å²) in [6.07, 6.45) is 2.19. The molecule has 5 nitrogen and oxygen atoms in total. The zero-order valence-electron chi connectivity index (χ0n) is 11.6. The molecular weight excluding hydrogens is 274 g/mol. The molecule has 1 saturated heterocycles. The fourth-order valence-corrected chi connectivity index (χ4v) is 3.08. The average molecular weight is 293 g/mol. The molecule has 1 fully saturated rings. The van der Waals surface area contributed by atoms with Crippen molar-refractivity contribution in [2.75, 3.05) is 25.1 Å². The van der Waals surface area contributed by atoms with Gasteiger partial charge in [-0.1, -0.05) is 0 Å². The fourth-order valence-electron chi connectivity index (χ4n) is 2.30. The van der Waals surface area contributed by atoms with Gasteiger partial charge in [0.1, 0.15) is 17.3 Å². The van der Waals surface area contributed by atoms with Crippen molar-refractivity contribution in [1.82, 2.24) is 9.97 Å². The number of fused-ring (bicyclic) bond motifs is 1. The number of nitrogens with one attached hydrogen (secondary N) is 1. The molecule has 0 atom stereocenters. The summed E-state index contributed by atoms with van der Waals surface area (Å²) in [5, 5.41) is 6.43. The zero-order valence-corrected chi connectivity index (χ0v) is 12.4. The molecule has 0 unspecified atom stereocenters. The third kappa shape index (κ3) is 3.08. The van der Waals surface area contributed by atoms with E-state index in [1.165, 1.54) is 0 Å². The Bertz CT molecular complexity index is 567. The van der Waals surface area contributed by atoms with Crippen LogP contribution in [0.1, 0.15) is 25.6 Å². The summed E-state index contributed by atoms with van der Waals surface area (Å²) in [5.74, 6) is 1.66. The van der Waals surface area contributed by atoms with Crippen LogP contribution in [0, 0.1) is 0 Å². The summed E-state index contributed by atoms with van der Waals surface area (Å²) in [6.45, 7) is 4.97. The number of hydrogen-bond donors (Lipinski definition) is 1. The third-order valence-electron chi connectivity index (χ3n) is 3.33. The van der Waals surface area contributed by atoms with Gasteiger partial charge in [-0.15, -0.1) is 11.3 Å². The van der Waals surface area contributed by atoms with Gasteiger partial charge in [0.25, 0.3) is 0 Å². The van der Waals surface area contributed by atoms with Crippen molar-refractivity contribution in [3.63, 3.8) is 0 Å². The van der Waals surface area contributed by atoms with Crippen LogP contribution in [-0.4, -0.2) is 35.8 Å². The molecule has 0 aromatic carbocycles. The smallest absolute Gasteiger partial charge is 0.158 e. The summed E-state index contributed by atoms with van der Waals surface area (Å²) in [4.78, 5) is 10.2. The molecule has 3 heterocycles. The number of ether oxygens (including phenoxy) is 2. The molecule has 3 rings (SSSR count). The maximum absolute atomic E-state index is 5.90. The molecule has 2 aromatic rings. The summed E-state index contributed by atoms with van der Waals surface area (Å²) in [7, 11) is 0. The van der Waals surface area contributed by atoms with Gasteiger partial charge in [-0.3, -0.25) is 0 Å². The largest absolute Gasteiger partial charge is 0.381 e. The highest BCUT2D eigenvalue weighted by Gasteiger charge is 2.15. The summed E-state index contributed by atoms with van der Waals surface area (Å²) >= 11 is 1.64. The number of rotatable bonds is 5. The fraction of sp³-hybridized carbons (Fsp3) is 0.571. The van der Waals surface area contributed by atoms with Gasteiger partial charge in [-0.25, -0.2) is 9.97 Å². The Balaban J connectivity index is 1.73. The highest BCUT2D eigenvalue weighted by atomic mass is 32.1. The van der Waals surface area contributed by atoms with E-state index >= 15 is 0 Å². The first-order valence-corrected chi connectivity index (χ1v) is 7.92. The SMILES string of the molecule is CCNc1nc(COC2CCOCC2)nc2sccc12. The second-order valence-electron chi connectivity index (χ2n) is 4.78. The Morgan fingerprint density at radius 3 is 3.05 bits per heavy atom. The van der Waals surface area contributed by atoms with Gasteiger partial charge in [0.15, 0.2) is 5.82 Å². The molecule has 6 heteroatoms. The minimum absolute atomic E-state index is 0.272. The first-order valence-electron chi connectivity index (χ1n) is 7.04. The molecule has 20 heavy (non-hydrogen) atoms. The Morgan fingerprint density at radius 1 is 1.40 bits per heavy atom. The second kappa shape index (κ2) is 6.47. The van der Waals surface area contributed by atoms with Crippen LogP contribution in [0.15, 0.2) is 11.4 Å². The molecule has 2 aromatic heterocycles. The maximum atomic E-state index is 5.90. The lowest BCUT2D eigenvalue weighted by molar-refractivity contribution is -0.0408. The number of hydrogen-bond acceptors (Lipinski definition) is 6. The normalized spacial score (nSPS) is 16.6. The molecule has 0 spiro atoms. The second-order valence-corrected chi connectivity index (χ2v) is 5.68. The molecule has 1 N–H and O–H groups in total. The van der Waals surface area contributed by atoms with Crippen molar-refractivity contribution in [2.45, 2.75) is 32.5 Å². The van der Waals surface area contributed by atoms with Crippen LogP contribution < -0.4 is 5.32 Å². The van der Waals surface area contributed by atoms with Gasteiger partial charge in [0, 0.05) is 19.8 Å². The molecule has 0 saturated carbocycles. The zero-order chi connectivity index (χ0) is 13.8. The van der Waals surface area contributed by atoms with Gasteiger partial charge in [-0.2, -0.15) is 0 Å². The van der Waals surface area contributed by atoms with Crippen LogP contribution in [0.4, 0.5) is 5.82 Å². The number of nitrogens with zero attached hydrogens (tertiary/aromatic N) is 2. The molecule has 0 aliphatic carbocycles. The van der Waals surface area contributed by atoms with Crippen LogP contribution in [0.3, 0.4) is 0 Å². The van der Waals surface area contributed by atoms with Gasteiger partial charge >= 0.3 is 0 Å². The minimum atomic E-state index is 0.272. The first-order chi connectivity index (χ1) is 9.86. The molecule has 0 radical (unpaired) electrons. The van der Waals surface area contributed by atoms with E-state index in [0.29, 0.717) is 6.61 Å². The van der Waals surface area contributed by atoms with E-state index in [0.717, 1.165) is 54.5 Å². The quantitative estimate of drug-likeness (QED) is 0.918. The van der Waals surface area contributed by atoms with Gasteiger partial charge in [0.2, 0.25) is 0 Å². The Hall–Kier alpha value is -1.24. The van der Waals surface area contributed by atoms with Gasteiger partial charge in [-0.05, 0) is 31.2 Å². The molecule has 1 aliphatic heterocycles. The Labute approximate surface area is 122 Å². The summed E-state index contributed by atoms with van der Waals surface area (Å²) in [5.41, 5.74) is 0. The Kier molecular flexibility index (Phi) is 4.44. The topological polar surface area (TPSA) is 56.3 Å². The van der Waals surface area contributed by atoms with Crippen molar-refractivity contribution in [2.24, 2.45) is 0 Å². The van der Waals surface area contributed by atoms with Crippen LogP contribution in [0.5, 0.6) is 0 Å². The van der Waals surface area contributed by atoms with Crippen LogP contribution in [0.2, 0.25) is 0 Å². The van der Waals surface area contributed by atoms with Crippen molar-refractivity contribution in [3.05, 3.63) is 17.3 Å². The molecule has 1 aliphatic rings. The van der Waals surface area contributed by atoms with E-state index in [1.807, 2.05) is 5.38 Å². The van der Waals surface area contributed by atoms with E-state index < -0.39 is 0 Å². The predicted octanol–water partition coefficient (Wildman–Crippen LogP) is 2.82. The van der Waals surface area contributed by atoms with E-state index in [-0.39, 0.29) is 6.10 Å². The Morgan fingerprint density at radius 2 is 2.25 bits per heavy atom. The van der Waals surface area contributed by atoms with Gasteiger partial charge in [0.05, 0.1) is 11.5 Å². The maximum Gasteiger partial charge on any atom is 0.158 e. The van der Waals surface area contributed by atoms with Crippen LogP contribution in [0.25, 0.3) is 10.2 Å². The lowest BCUT2D eigenvalue weighted by Gasteiger charge is -2.22. The third-order valence-corrected chi connectivity index (χ3v) is 4.14. The lowest BCUT2D eigenvalue weighted by atomic mass is 10.2. The van der Waals surface area contributed by atoms with E-state index in [2.05, 4.69) is 28.3 Å². The van der Waals surface area contributed by atoms with E-state index in [4.69, 9.17) is 9.47 Å². The number of anilines is 1. The standard InChI is InChI=1S/C14H19N3O2S/c1-2-15-13-11-5-8-20-14(11)17-12(16-13)9-19-10-3-6-18-7-4-10/h5,8,10H,2-4,6-7,9H2,1H3,(H,15,16,17). The number of thiophene rings is 1. The van der Waals surface area contributed by atoms with Crippen molar-refractivity contribution in [1.29, 1.82) is 0 Å². The first kappa shape index (κ1) is 13.7. The van der Waals surface area contributed by atoms with E-state index in [1.54, 1.807) is 11.3 Å². The average Bonchev–Trinajstić information content (AvgIpc) is 2.95. The predicted molar refractivity (Wildman–Crippen MR) is 80.2 cm³/mol. The van der Waals surface area contributed by atoms with Crippen molar-refractivity contribution in [3.8, 4) is 0 Å². The van der Waals surface area contributed by atoms with Crippen molar-refractivity contribution >= 4 is 27.4 Å². The monoisotopic (exact) mass is 293 g/mol.